The number of phenolic OH excluding ortho intramolecular Hbond substituents is 1. The van der Waals surface area contributed by atoms with E-state index in [1.165, 1.54) is 0 Å². The molecule has 3 nitrogen and oxygen atoms in total. The van der Waals surface area contributed by atoms with Gasteiger partial charge in [0.15, 0.2) is 0 Å². The molecule has 0 heterocycles. The normalized spacial score (nSPS) is 11.3. The first-order valence-electron chi connectivity index (χ1n) is 6.97. The molecule has 1 amide bonds. The predicted molar refractivity (Wildman–Crippen MR) is 78.0 cm³/mol. The first-order chi connectivity index (χ1) is 8.90. The third-order valence-electron chi connectivity index (χ3n) is 3.34. The molecule has 0 bridgehead atoms. The molecular weight excluding hydrogens is 238 g/mol. The van der Waals surface area contributed by atoms with E-state index in [0.717, 1.165) is 5.56 Å². The predicted octanol–water partition coefficient (Wildman–Crippen LogP) is 3.12. The Hall–Kier alpha value is -1.51. The largest absolute Gasteiger partial charge is 0.508 e. The average molecular weight is 263 g/mol. The zero-order valence-corrected chi connectivity index (χ0v) is 12.3. The Morgan fingerprint density at radius 2 is 1.63 bits per heavy atom. The van der Waals surface area contributed by atoms with Crippen molar-refractivity contribution in [3.05, 3.63) is 29.8 Å². The van der Waals surface area contributed by atoms with Crippen LogP contribution in [-0.4, -0.2) is 17.1 Å². The number of phenols is 1. The van der Waals surface area contributed by atoms with E-state index >= 15 is 0 Å². The van der Waals surface area contributed by atoms with Gasteiger partial charge in [0, 0.05) is 12.5 Å². The number of aryl methyl sites for hydroxylation is 1. The van der Waals surface area contributed by atoms with Crippen LogP contribution >= 0.6 is 0 Å². The van der Waals surface area contributed by atoms with Crippen LogP contribution in [0.3, 0.4) is 0 Å². The number of nitrogens with one attached hydrogen (secondary N) is 1. The highest BCUT2D eigenvalue weighted by molar-refractivity contribution is 5.76. The van der Waals surface area contributed by atoms with Crippen molar-refractivity contribution < 1.29 is 9.90 Å². The molecule has 0 radical (unpaired) electrons. The quantitative estimate of drug-likeness (QED) is 0.828. The number of carbonyl (C=O) groups is 1. The molecule has 0 unspecified atom stereocenters. The SMILES string of the molecule is CC(C)C(NC(=O)CCc1ccc(O)cc1)C(C)C. The third-order valence-corrected chi connectivity index (χ3v) is 3.34. The fraction of sp³-hybridized carbons (Fsp3) is 0.562. The van der Waals surface area contributed by atoms with Crippen LogP contribution < -0.4 is 5.32 Å². The molecule has 0 saturated heterocycles. The Balaban J connectivity index is 2.45. The smallest absolute Gasteiger partial charge is 0.220 e. The molecule has 1 rings (SSSR count). The Bertz CT molecular complexity index is 388. The second-order valence-corrected chi connectivity index (χ2v) is 5.75. The van der Waals surface area contributed by atoms with Crippen molar-refractivity contribution in [2.45, 2.75) is 46.6 Å². The van der Waals surface area contributed by atoms with E-state index in [-0.39, 0.29) is 17.7 Å². The maximum Gasteiger partial charge on any atom is 0.220 e. The van der Waals surface area contributed by atoms with Gasteiger partial charge in [0.1, 0.15) is 5.75 Å². The van der Waals surface area contributed by atoms with Gasteiger partial charge < -0.3 is 10.4 Å². The Morgan fingerprint density at radius 1 is 1.11 bits per heavy atom. The van der Waals surface area contributed by atoms with Gasteiger partial charge in [-0.05, 0) is 36.0 Å². The number of rotatable bonds is 6. The van der Waals surface area contributed by atoms with E-state index in [0.29, 0.717) is 24.7 Å². The second-order valence-electron chi connectivity index (χ2n) is 5.75. The van der Waals surface area contributed by atoms with Crippen LogP contribution in [0, 0.1) is 11.8 Å². The van der Waals surface area contributed by atoms with Crippen LogP contribution in [0.25, 0.3) is 0 Å². The lowest BCUT2D eigenvalue weighted by atomic mass is 9.93. The third kappa shape index (κ3) is 5.33. The van der Waals surface area contributed by atoms with Gasteiger partial charge in [-0.1, -0.05) is 39.8 Å². The summed E-state index contributed by atoms with van der Waals surface area (Å²) < 4.78 is 0. The van der Waals surface area contributed by atoms with E-state index in [9.17, 15) is 9.90 Å². The van der Waals surface area contributed by atoms with Crippen molar-refractivity contribution in [1.29, 1.82) is 0 Å². The molecule has 0 aliphatic rings. The molecule has 19 heavy (non-hydrogen) atoms. The lowest BCUT2D eigenvalue weighted by Gasteiger charge is -2.26. The summed E-state index contributed by atoms with van der Waals surface area (Å²) in [6, 6.07) is 7.24. The number of hydrogen-bond acceptors (Lipinski definition) is 2. The Labute approximate surface area is 116 Å². The number of benzene rings is 1. The van der Waals surface area contributed by atoms with Crippen LogP contribution in [0.1, 0.15) is 39.7 Å². The minimum Gasteiger partial charge on any atom is -0.508 e. The van der Waals surface area contributed by atoms with Crippen LogP contribution in [-0.2, 0) is 11.2 Å². The lowest BCUT2D eigenvalue weighted by Crippen LogP contribution is -2.42. The van der Waals surface area contributed by atoms with Gasteiger partial charge in [0.2, 0.25) is 5.91 Å². The van der Waals surface area contributed by atoms with Gasteiger partial charge >= 0.3 is 0 Å². The van der Waals surface area contributed by atoms with Crippen LogP contribution in [0.4, 0.5) is 0 Å². The number of amides is 1. The summed E-state index contributed by atoms with van der Waals surface area (Å²) in [6.45, 7) is 8.52. The van der Waals surface area contributed by atoms with Crippen LogP contribution in [0.15, 0.2) is 24.3 Å². The van der Waals surface area contributed by atoms with Crippen LogP contribution in [0.5, 0.6) is 5.75 Å². The summed E-state index contributed by atoms with van der Waals surface area (Å²) in [7, 11) is 0. The van der Waals surface area contributed by atoms with E-state index in [1.54, 1.807) is 12.1 Å². The molecule has 3 heteroatoms. The average Bonchev–Trinajstić information content (AvgIpc) is 2.34. The zero-order valence-electron chi connectivity index (χ0n) is 12.3. The standard InChI is InChI=1S/C16H25NO2/c1-11(2)16(12(3)4)17-15(19)10-7-13-5-8-14(18)9-6-13/h5-6,8-9,11-12,16,18H,7,10H2,1-4H3,(H,17,19). The van der Waals surface area contributed by atoms with E-state index in [1.807, 2.05) is 12.1 Å². The maximum absolute atomic E-state index is 11.9. The van der Waals surface area contributed by atoms with Crippen molar-refractivity contribution in [3.8, 4) is 5.75 Å². The van der Waals surface area contributed by atoms with Gasteiger partial charge in [0.05, 0.1) is 0 Å². The molecule has 0 aliphatic heterocycles. The highest BCUT2D eigenvalue weighted by Gasteiger charge is 2.19. The van der Waals surface area contributed by atoms with Gasteiger partial charge in [0.25, 0.3) is 0 Å². The topological polar surface area (TPSA) is 49.3 Å². The Kier molecular flexibility index (Phi) is 5.87. The molecule has 1 aromatic carbocycles. The summed E-state index contributed by atoms with van der Waals surface area (Å²) in [4.78, 5) is 11.9. The van der Waals surface area contributed by atoms with Gasteiger partial charge in [-0.15, -0.1) is 0 Å². The van der Waals surface area contributed by atoms with E-state index < -0.39 is 0 Å². The fourth-order valence-electron chi connectivity index (χ4n) is 2.28. The highest BCUT2D eigenvalue weighted by Crippen LogP contribution is 2.13. The minimum atomic E-state index is 0.0977. The number of aromatic hydroxyl groups is 1. The maximum atomic E-state index is 11.9. The highest BCUT2D eigenvalue weighted by atomic mass is 16.3. The van der Waals surface area contributed by atoms with Gasteiger partial charge in [-0.2, -0.15) is 0 Å². The molecular formula is C16H25NO2. The first-order valence-corrected chi connectivity index (χ1v) is 6.97. The molecule has 0 aromatic heterocycles. The molecule has 0 atom stereocenters. The molecule has 0 aliphatic carbocycles. The van der Waals surface area contributed by atoms with Crippen molar-refractivity contribution in [2.75, 3.05) is 0 Å². The first kappa shape index (κ1) is 15.5. The number of carbonyl (C=O) groups excluding carboxylic acids is 1. The molecule has 2 N–H and O–H groups in total. The second kappa shape index (κ2) is 7.17. The molecule has 0 fully saturated rings. The summed E-state index contributed by atoms with van der Waals surface area (Å²) in [6.07, 6.45) is 1.19. The summed E-state index contributed by atoms with van der Waals surface area (Å²) >= 11 is 0. The monoisotopic (exact) mass is 263 g/mol. The molecule has 0 saturated carbocycles. The van der Waals surface area contributed by atoms with E-state index in [2.05, 4.69) is 33.0 Å². The summed E-state index contributed by atoms with van der Waals surface area (Å²) in [5.41, 5.74) is 1.07. The molecule has 0 spiro atoms. The van der Waals surface area contributed by atoms with Gasteiger partial charge in [-0.25, -0.2) is 0 Å². The zero-order chi connectivity index (χ0) is 14.4. The number of hydrogen-bond donors (Lipinski definition) is 2. The minimum absolute atomic E-state index is 0.0977. The van der Waals surface area contributed by atoms with Crippen molar-refractivity contribution in [1.82, 2.24) is 5.32 Å². The molecule has 1 aromatic rings. The van der Waals surface area contributed by atoms with Crippen molar-refractivity contribution in [2.24, 2.45) is 11.8 Å². The Morgan fingerprint density at radius 3 is 2.11 bits per heavy atom. The van der Waals surface area contributed by atoms with Crippen molar-refractivity contribution in [3.63, 3.8) is 0 Å². The van der Waals surface area contributed by atoms with Gasteiger partial charge in [-0.3, -0.25) is 4.79 Å². The molecule has 106 valence electrons. The van der Waals surface area contributed by atoms with Crippen LogP contribution in [0.2, 0.25) is 0 Å². The lowest BCUT2D eigenvalue weighted by molar-refractivity contribution is -0.122. The van der Waals surface area contributed by atoms with Crippen molar-refractivity contribution >= 4 is 5.91 Å². The summed E-state index contributed by atoms with van der Waals surface area (Å²) in [5, 5.41) is 12.3. The van der Waals surface area contributed by atoms with E-state index in [4.69, 9.17) is 0 Å². The fourth-order valence-corrected chi connectivity index (χ4v) is 2.28. The summed E-state index contributed by atoms with van der Waals surface area (Å²) in [5.74, 6) is 1.24.